The number of ether oxygens (including phenoxy) is 2. The van der Waals surface area contributed by atoms with Crippen LogP contribution in [0.3, 0.4) is 0 Å². The van der Waals surface area contributed by atoms with Gasteiger partial charge in [-0.25, -0.2) is 13.2 Å². The predicted molar refractivity (Wildman–Crippen MR) is 223 cm³/mol. The number of halogens is 6. The summed E-state index contributed by atoms with van der Waals surface area (Å²) < 4.78 is 98.3. The number of amides is 5. The summed E-state index contributed by atoms with van der Waals surface area (Å²) in [4.78, 5) is 80.9. The quantitative estimate of drug-likeness (QED) is 0.0582. The zero-order chi connectivity index (χ0) is 48.0. The Morgan fingerprint density at radius 2 is 1.75 bits per heavy atom. The monoisotopic (exact) mass is 925 g/mol. The highest BCUT2D eigenvalue weighted by atomic mass is 32.1. The molecule has 4 aromatic rings. The fourth-order valence-corrected chi connectivity index (χ4v) is 7.26. The lowest BCUT2D eigenvalue weighted by Crippen LogP contribution is -2.48. The van der Waals surface area contributed by atoms with Gasteiger partial charge in [0.2, 0.25) is 12.3 Å². The summed E-state index contributed by atoms with van der Waals surface area (Å²) in [6.07, 6.45) is -3.64. The molecular formula is C43H37F6N7O8S. The van der Waals surface area contributed by atoms with Crippen LogP contribution in [0.15, 0.2) is 60.8 Å². The molecule has 22 heteroatoms. The molecule has 65 heavy (non-hydrogen) atoms. The van der Waals surface area contributed by atoms with E-state index in [1.54, 1.807) is 6.92 Å². The fraction of sp³-hybridized carbons (Fsp3) is 0.279. The van der Waals surface area contributed by atoms with Gasteiger partial charge in [0, 0.05) is 30.7 Å². The third-order valence-corrected chi connectivity index (χ3v) is 10.4. The molecule has 1 saturated heterocycles. The number of likely N-dealkylation sites (N-methyl/N-ethyl adjacent to an activating group) is 1. The number of aromatic nitrogens is 1. The van der Waals surface area contributed by atoms with Crippen molar-refractivity contribution in [3.63, 3.8) is 0 Å². The van der Waals surface area contributed by atoms with Crippen LogP contribution in [0.1, 0.15) is 53.7 Å². The van der Waals surface area contributed by atoms with Crippen molar-refractivity contribution in [2.75, 3.05) is 36.6 Å². The van der Waals surface area contributed by atoms with Crippen LogP contribution in [-0.2, 0) is 30.1 Å². The highest BCUT2D eigenvalue weighted by Crippen LogP contribution is 2.42. The van der Waals surface area contributed by atoms with Gasteiger partial charge in [0.05, 0.1) is 35.7 Å². The van der Waals surface area contributed by atoms with E-state index in [9.17, 15) is 41.9 Å². The van der Waals surface area contributed by atoms with E-state index in [0.717, 1.165) is 29.3 Å². The Balaban J connectivity index is 1.19. The molecule has 1 aliphatic heterocycles. The molecular weight excluding hydrogens is 889 g/mol. The Morgan fingerprint density at radius 3 is 2.37 bits per heavy atom. The lowest BCUT2D eigenvalue weighted by Gasteiger charge is -2.29. The maximum Gasteiger partial charge on any atom is 0.420 e. The molecule has 0 spiro atoms. The number of nitrogens with one attached hydrogen (secondary N) is 2. The highest BCUT2D eigenvalue weighted by molar-refractivity contribution is 7.81. The second-order valence-corrected chi connectivity index (χ2v) is 14.9. The number of anilines is 2. The molecule has 1 atom stereocenters. The molecule has 0 aliphatic carbocycles. The first-order valence-electron chi connectivity index (χ1n) is 19.2. The lowest BCUT2D eigenvalue weighted by molar-refractivity contribution is -0.140. The molecule has 1 aromatic heterocycles. The predicted octanol–water partition coefficient (Wildman–Crippen LogP) is 5.55. The van der Waals surface area contributed by atoms with Gasteiger partial charge in [0.25, 0.3) is 17.7 Å². The summed E-state index contributed by atoms with van der Waals surface area (Å²) in [5.41, 5.74) is -5.58. The normalized spacial score (nSPS) is 13.7. The van der Waals surface area contributed by atoms with Gasteiger partial charge in [-0.1, -0.05) is 6.07 Å². The maximum absolute atomic E-state index is 15.7. The maximum atomic E-state index is 15.7. The zero-order valence-electron chi connectivity index (χ0n) is 34.7. The number of rotatable bonds is 17. The molecule has 5 rings (SSSR count). The van der Waals surface area contributed by atoms with Crippen molar-refractivity contribution >= 4 is 65.0 Å². The average molecular weight is 926 g/mol. The van der Waals surface area contributed by atoms with E-state index in [2.05, 4.69) is 15.6 Å². The van der Waals surface area contributed by atoms with Gasteiger partial charge in [-0.15, -0.1) is 0 Å². The van der Waals surface area contributed by atoms with Crippen molar-refractivity contribution in [1.82, 2.24) is 20.5 Å². The Bertz CT molecular complexity index is 2620. The van der Waals surface area contributed by atoms with Gasteiger partial charge in [-0.05, 0) is 87.4 Å². The number of nitrogens with zero attached hydrogens (tertiary/aromatic N) is 5. The largest absolute Gasteiger partial charge is 0.489 e. The number of imide groups is 1. The van der Waals surface area contributed by atoms with E-state index in [1.807, 2.05) is 0 Å². The molecule has 340 valence electrons. The van der Waals surface area contributed by atoms with Gasteiger partial charge in [-0.3, -0.25) is 38.8 Å². The van der Waals surface area contributed by atoms with Gasteiger partial charge < -0.3 is 29.8 Å². The van der Waals surface area contributed by atoms with Crippen molar-refractivity contribution in [3.8, 4) is 28.8 Å². The van der Waals surface area contributed by atoms with Crippen LogP contribution in [0.4, 0.5) is 37.7 Å². The Kier molecular flexibility index (Phi) is 14.9. The van der Waals surface area contributed by atoms with Crippen molar-refractivity contribution in [2.45, 2.75) is 51.4 Å². The van der Waals surface area contributed by atoms with Crippen LogP contribution in [0.2, 0.25) is 0 Å². The highest BCUT2D eigenvalue weighted by Gasteiger charge is 2.52. The van der Waals surface area contributed by atoms with E-state index >= 15 is 13.2 Å². The number of carbonyl (C=O) groups is 6. The van der Waals surface area contributed by atoms with Crippen LogP contribution in [-0.4, -0.2) is 89.7 Å². The molecule has 0 radical (unpaired) electrons. The molecule has 2 N–H and O–H groups in total. The van der Waals surface area contributed by atoms with Crippen LogP contribution >= 0.6 is 12.2 Å². The number of hydrogen-bond donors (Lipinski definition) is 2. The lowest BCUT2D eigenvalue weighted by atomic mass is 10.0. The van der Waals surface area contributed by atoms with Gasteiger partial charge >= 0.3 is 6.18 Å². The number of thiocarbonyl (C=S) groups is 1. The summed E-state index contributed by atoms with van der Waals surface area (Å²) in [5, 5.41) is 13.5. The molecule has 15 nitrogen and oxygen atoms in total. The van der Waals surface area contributed by atoms with E-state index in [1.165, 1.54) is 57.3 Å². The molecule has 1 unspecified atom stereocenters. The van der Waals surface area contributed by atoms with Crippen molar-refractivity contribution in [1.29, 1.82) is 5.26 Å². The van der Waals surface area contributed by atoms with Crippen LogP contribution in [0.25, 0.3) is 11.3 Å². The van der Waals surface area contributed by atoms with Gasteiger partial charge in [0.15, 0.2) is 34.9 Å². The van der Waals surface area contributed by atoms with E-state index in [4.69, 9.17) is 27.0 Å². The number of nitriles is 1. The minimum Gasteiger partial charge on any atom is -0.489 e. The summed E-state index contributed by atoms with van der Waals surface area (Å²) in [6, 6.07) is 10.1. The minimum atomic E-state index is -5.29. The topological polar surface area (TPSA) is 191 Å². The third kappa shape index (κ3) is 10.2. The Morgan fingerprint density at radius 1 is 1.03 bits per heavy atom. The van der Waals surface area contributed by atoms with Crippen LogP contribution in [0, 0.1) is 35.7 Å². The number of pyridine rings is 1. The van der Waals surface area contributed by atoms with E-state index in [0.29, 0.717) is 27.7 Å². The number of benzene rings is 3. The first kappa shape index (κ1) is 48.6. The van der Waals surface area contributed by atoms with E-state index in [-0.39, 0.29) is 66.4 Å². The summed E-state index contributed by atoms with van der Waals surface area (Å²) in [5.74, 6) is -7.13. The number of aldehydes is 1. The average Bonchev–Trinajstić information content (AvgIpc) is 3.44. The molecule has 0 bridgehead atoms. The van der Waals surface area contributed by atoms with Crippen LogP contribution in [0.5, 0.6) is 11.5 Å². The van der Waals surface area contributed by atoms with Crippen molar-refractivity contribution in [3.05, 3.63) is 100 Å². The SMILES string of the molecule is CNC(=O)C(CCC=O)N(C=O)C(=O)c1cc(OCC(=O)NCCOc2ccc(-c3ncc(N4C(=S)N(c5ccc(C#N)c(C(F)(F)F)c5F)C(=O)C4(C)C)cc3F)cc2F)ccc1C. The first-order chi connectivity index (χ1) is 30.7. The van der Waals surface area contributed by atoms with Crippen molar-refractivity contribution < 1.29 is 64.6 Å². The molecule has 0 saturated carbocycles. The zero-order valence-corrected chi connectivity index (χ0v) is 35.5. The first-order valence-corrected chi connectivity index (χ1v) is 19.6. The number of hydrogen-bond acceptors (Lipinski definition) is 11. The minimum absolute atomic E-state index is 0.00340. The van der Waals surface area contributed by atoms with Gasteiger partial charge in [0.1, 0.15) is 41.5 Å². The smallest absolute Gasteiger partial charge is 0.420 e. The number of carbonyl (C=O) groups excluding carboxylic acids is 6. The standard InChI is InChI=1S/C43H37F6N7O8S/c1-23-7-10-27(18-28(23)39(61)54(22-58)32(6-5-14-57)38(60)51-4)64-21-34(59)52-13-15-63-33-12-9-24(16-29(33)44)37-30(45)17-26(20-53-37)56-41(65)55(40(62)42(56,2)3)31-11-8-25(19-50)35(36(31)46)43(47,48)49/h7-12,14,16-18,20,22,32H,5-6,13,15,21H2,1-4H3,(H,51,60)(H,52,59). The molecule has 2 heterocycles. The number of aryl methyl sites for hydroxylation is 1. The van der Waals surface area contributed by atoms with Crippen LogP contribution < -0.4 is 29.9 Å². The second-order valence-electron chi connectivity index (χ2n) is 14.6. The van der Waals surface area contributed by atoms with Gasteiger partial charge in [-0.2, -0.15) is 18.4 Å². The molecule has 5 amide bonds. The Labute approximate surface area is 371 Å². The fourth-order valence-electron chi connectivity index (χ4n) is 6.74. The third-order valence-electron chi connectivity index (χ3n) is 10.0. The second kappa shape index (κ2) is 20.0. The molecule has 1 fully saturated rings. The van der Waals surface area contributed by atoms with Crippen molar-refractivity contribution in [2.24, 2.45) is 0 Å². The molecule has 3 aromatic carbocycles. The summed E-state index contributed by atoms with van der Waals surface area (Å²) in [6.45, 7) is 3.35. The Hall–Kier alpha value is -7.41. The summed E-state index contributed by atoms with van der Waals surface area (Å²) in [7, 11) is 1.32. The number of alkyl halides is 3. The van der Waals surface area contributed by atoms with E-state index < -0.39 is 87.4 Å². The summed E-state index contributed by atoms with van der Waals surface area (Å²) >= 11 is 5.39. The molecule has 1 aliphatic rings.